The average Bonchev–Trinajstić information content (AvgIpc) is 2.67. The van der Waals surface area contributed by atoms with Crippen LogP contribution >= 0.6 is 27.5 Å². The highest BCUT2D eigenvalue weighted by Crippen LogP contribution is 2.23. The molecule has 0 spiro atoms. The standard InChI is InChI=1S/C19H13BrClN3O3/c20-13-4-3-5-14(10-13)27-17-9-8-12(11-22-17)18(25)23-24-19(26)15-6-1-2-7-16(15)21/h1-11H,(H,23,25)(H,24,26). The molecular formula is C19H13BrClN3O3. The number of ether oxygens (including phenoxy) is 1. The second-order valence-electron chi connectivity index (χ2n) is 5.33. The van der Waals surface area contributed by atoms with Gasteiger partial charge < -0.3 is 4.74 Å². The smallest absolute Gasteiger partial charge is 0.271 e. The molecule has 0 bridgehead atoms. The number of rotatable bonds is 4. The Balaban J connectivity index is 1.59. The van der Waals surface area contributed by atoms with Crippen molar-refractivity contribution in [3.8, 4) is 11.6 Å². The number of aromatic nitrogens is 1. The van der Waals surface area contributed by atoms with Crippen LogP contribution in [0.1, 0.15) is 20.7 Å². The molecule has 0 radical (unpaired) electrons. The molecule has 27 heavy (non-hydrogen) atoms. The van der Waals surface area contributed by atoms with Gasteiger partial charge in [-0.3, -0.25) is 20.4 Å². The summed E-state index contributed by atoms with van der Waals surface area (Å²) in [4.78, 5) is 28.3. The highest BCUT2D eigenvalue weighted by molar-refractivity contribution is 9.10. The molecule has 1 heterocycles. The number of nitrogens with zero attached hydrogens (tertiary/aromatic N) is 1. The molecule has 6 nitrogen and oxygen atoms in total. The number of halogens is 2. The van der Waals surface area contributed by atoms with Gasteiger partial charge in [0, 0.05) is 16.7 Å². The predicted molar refractivity (Wildman–Crippen MR) is 105 cm³/mol. The molecule has 3 aromatic rings. The van der Waals surface area contributed by atoms with Gasteiger partial charge in [-0.15, -0.1) is 0 Å². The van der Waals surface area contributed by atoms with Crippen LogP contribution in [0.25, 0.3) is 0 Å². The summed E-state index contributed by atoms with van der Waals surface area (Å²) in [5, 5.41) is 0.292. The van der Waals surface area contributed by atoms with Crippen molar-refractivity contribution in [2.45, 2.75) is 0 Å². The molecular weight excluding hydrogens is 434 g/mol. The number of hydrogen-bond acceptors (Lipinski definition) is 4. The van der Waals surface area contributed by atoms with E-state index in [2.05, 4.69) is 31.8 Å². The van der Waals surface area contributed by atoms with Crippen molar-refractivity contribution in [3.63, 3.8) is 0 Å². The molecule has 0 unspecified atom stereocenters. The van der Waals surface area contributed by atoms with Crippen molar-refractivity contribution in [3.05, 3.63) is 87.5 Å². The van der Waals surface area contributed by atoms with E-state index in [0.717, 1.165) is 4.47 Å². The summed E-state index contributed by atoms with van der Waals surface area (Å²) in [6.45, 7) is 0. The Morgan fingerprint density at radius 2 is 1.74 bits per heavy atom. The van der Waals surface area contributed by atoms with Gasteiger partial charge in [0.05, 0.1) is 16.1 Å². The lowest BCUT2D eigenvalue weighted by atomic mass is 10.2. The first-order valence-corrected chi connectivity index (χ1v) is 8.95. The van der Waals surface area contributed by atoms with Gasteiger partial charge in [0.25, 0.3) is 11.8 Å². The monoisotopic (exact) mass is 445 g/mol. The molecule has 2 N–H and O–H groups in total. The number of carbonyl (C=O) groups excluding carboxylic acids is 2. The highest BCUT2D eigenvalue weighted by Gasteiger charge is 2.12. The van der Waals surface area contributed by atoms with E-state index in [4.69, 9.17) is 16.3 Å². The molecule has 0 saturated heterocycles. The molecule has 0 aliphatic heterocycles. The van der Waals surface area contributed by atoms with Crippen molar-refractivity contribution < 1.29 is 14.3 Å². The van der Waals surface area contributed by atoms with Gasteiger partial charge in [-0.2, -0.15) is 0 Å². The minimum Gasteiger partial charge on any atom is -0.439 e. The Morgan fingerprint density at radius 3 is 2.44 bits per heavy atom. The van der Waals surface area contributed by atoms with Crippen LogP contribution in [0.2, 0.25) is 5.02 Å². The fourth-order valence-electron chi connectivity index (χ4n) is 2.12. The van der Waals surface area contributed by atoms with Gasteiger partial charge in [-0.05, 0) is 36.4 Å². The fourth-order valence-corrected chi connectivity index (χ4v) is 2.72. The maximum absolute atomic E-state index is 12.1. The maximum atomic E-state index is 12.1. The number of amides is 2. The van der Waals surface area contributed by atoms with E-state index < -0.39 is 11.8 Å². The molecule has 0 saturated carbocycles. The summed E-state index contributed by atoms with van der Waals surface area (Å²) >= 11 is 9.30. The normalized spacial score (nSPS) is 10.1. The number of carbonyl (C=O) groups is 2. The number of pyridine rings is 1. The van der Waals surface area contributed by atoms with E-state index in [-0.39, 0.29) is 11.1 Å². The summed E-state index contributed by atoms with van der Waals surface area (Å²) in [7, 11) is 0. The molecule has 0 aliphatic rings. The largest absolute Gasteiger partial charge is 0.439 e. The number of benzene rings is 2. The second kappa shape index (κ2) is 8.66. The summed E-state index contributed by atoms with van der Waals surface area (Å²) in [6.07, 6.45) is 1.35. The first kappa shape index (κ1) is 18.9. The van der Waals surface area contributed by atoms with Crippen LogP contribution in [0.15, 0.2) is 71.3 Å². The Morgan fingerprint density at radius 1 is 0.963 bits per heavy atom. The minimum absolute atomic E-state index is 0.260. The molecule has 8 heteroatoms. The van der Waals surface area contributed by atoms with E-state index in [1.165, 1.54) is 12.3 Å². The molecule has 0 atom stereocenters. The highest BCUT2D eigenvalue weighted by atomic mass is 79.9. The first-order chi connectivity index (χ1) is 13.0. The summed E-state index contributed by atoms with van der Waals surface area (Å²) in [6, 6.07) is 16.9. The molecule has 2 aromatic carbocycles. The zero-order valence-electron chi connectivity index (χ0n) is 13.8. The van der Waals surface area contributed by atoms with Crippen molar-refractivity contribution >= 4 is 39.3 Å². The number of hydrogen-bond donors (Lipinski definition) is 2. The van der Waals surface area contributed by atoms with Gasteiger partial charge in [-0.25, -0.2) is 4.98 Å². The maximum Gasteiger partial charge on any atom is 0.271 e. The predicted octanol–water partition coefficient (Wildman–Crippen LogP) is 4.36. The third-order valence-electron chi connectivity index (χ3n) is 3.43. The molecule has 2 amide bonds. The van der Waals surface area contributed by atoms with Crippen LogP contribution in [0, 0.1) is 0 Å². The fraction of sp³-hybridized carbons (Fsp3) is 0. The van der Waals surface area contributed by atoms with Crippen molar-refractivity contribution in [1.82, 2.24) is 15.8 Å². The topological polar surface area (TPSA) is 80.3 Å². The summed E-state index contributed by atoms with van der Waals surface area (Å²) in [5.41, 5.74) is 5.15. The Kier molecular flexibility index (Phi) is 6.05. The van der Waals surface area contributed by atoms with Gasteiger partial charge >= 0.3 is 0 Å². The lowest BCUT2D eigenvalue weighted by Gasteiger charge is -2.09. The van der Waals surface area contributed by atoms with Crippen LogP contribution in [0.4, 0.5) is 0 Å². The zero-order chi connectivity index (χ0) is 19.2. The van der Waals surface area contributed by atoms with Gasteiger partial charge in [0.1, 0.15) is 5.75 Å². The van der Waals surface area contributed by atoms with Crippen LogP contribution in [0.5, 0.6) is 11.6 Å². The van der Waals surface area contributed by atoms with E-state index in [1.54, 1.807) is 42.5 Å². The van der Waals surface area contributed by atoms with E-state index >= 15 is 0 Å². The third-order valence-corrected chi connectivity index (χ3v) is 4.25. The van der Waals surface area contributed by atoms with Gasteiger partial charge in [-0.1, -0.05) is 45.7 Å². The second-order valence-corrected chi connectivity index (χ2v) is 6.66. The Hall–Kier alpha value is -2.90. The van der Waals surface area contributed by atoms with E-state index in [9.17, 15) is 9.59 Å². The molecule has 1 aromatic heterocycles. The lowest BCUT2D eigenvalue weighted by Crippen LogP contribution is -2.41. The van der Waals surface area contributed by atoms with Crippen LogP contribution in [0.3, 0.4) is 0 Å². The number of nitrogens with one attached hydrogen (secondary N) is 2. The Bertz CT molecular complexity index is 980. The molecule has 0 aliphatic carbocycles. The molecule has 3 rings (SSSR count). The van der Waals surface area contributed by atoms with Crippen LogP contribution in [-0.4, -0.2) is 16.8 Å². The summed E-state index contributed by atoms with van der Waals surface area (Å²) in [5.74, 6) is -0.0840. The SMILES string of the molecule is O=C(NNC(=O)c1ccccc1Cl)c1ccc(Oc2cccc(Br)c2)nc1. The van der Waals surface area contributed by atoms with Gasteiger partial charge in [0.2, 0.25) is 5.88 Å². The van der Waals surface area contributed by atoms with Crippen LogP contribution < -0.4 is 15.6 Å². The quantitative estimate of drug-likeness (QED) is 0.583. The average molecular weight is 447 g/mol. The zero-order valence-corrected chi connectivity index (χ0v) is 16.1. The third kappa shape index (κ3) is 5.06. The Labute approximate surface area is 168 Å². The minimum atomic E-state index is -0.517. The van der Waals surface area contributed by atoms with E-state index in [1.807, 2.05) is 12.1 Å². The lowest BCUT2D eigenvalue weighted by molar-refractivity contribution is 0.0846. The summed E-state index contributed by atoms with van der Waals surface area (Å²) < 4.78 is 6.49. The first-order valence-electron chi connectivity index (χ1n) is 7.77. The van der Waals surface area contributed by atoms with Crippen molar-refractivity contribution in [2.75, 3.05) is 0 Å². The van der Waals surface area contributed by atoms with Crippen molar-refractivity contribution in [2.24, 2.45) is 0 Å². The van der Waals surface area contributed by atoms with E-state index in [0.29, 0.717) is 16.7 Å². The molecule has 136 valence electrons. The van der Waals surface area contributed by atoms with Crippen molar-refractivity contribution in [1.29, 1.82) is 0 Å². The number of hydrazine groups is 1. The molecule has 0 fully saturated rings. The van der Waals surface area contributed by atoms with Gasteiger partial charge in [0.15, 0.2) is 0 Å². The van der Waals surface area contributed by atoms with Crippen LogP contribution in [-0.2, 0) is 0 Å².